The van der Waals surface area contributed by atoms with Gasteiger partial charge in [-0.15, -0.1) is 0 Å². The van der Waals surface area contributed by atoms with Crippen LogP contribution in [0.4, 0.5) is 0 Å². The number of hydrogen-bond donors (Lipinski definition) is 2. The molecule has 2 rings (SSSR count). The molecule has 3 nitrogen and oxygen atoms in total. The molecule has 1 heterocycles. The number of nitrogens with one attached hydrogen (secondary N) is 2. The second-order valence-electron chi connectivity index (χ2n) is 4.48. The lowest BCUT2D eigenvalue weighted by Gasteiger charge is -2.13. The van der Waals surface area contributed by atoms with Crippen molar-refractivity contribution in [2.45, 2.75) is 26.3 Å². The third kappa shape index (κ3) is 2.42. The summed E-state index contributed by atoms with van der Waals surface area (Å²) in [6, 6.07) is 6.21. The molecule has 1 aromatic rings. The van der Waals surface area contributed by atoms with Crippen molar-refractivity contribution < 1.29 is 4.79 Å². The van der Waals surface area contributed by atoms with Crippen LogP contribution in [0.15, 0.2) is 18.2 Å². The molecule has 0 radical (unpaired) electrons. The van der Waals surface area contributed by atoms with E-state index in [-0.39, 0.29) is 11.9 Å². The minimum Gasteiger partial charge on any atom is -0.348 e. The van der Waals surface area contributed by atoms with E-state index in [4.69, 9.17) is 0 Å². The molecule has 1 fully saturated rings. The van der Waals surface area contributed by atoms with Gasteiger partial charge in [0.1, 0.15) is 0 Å². The molecule has 0 saturated carbocycles. The highest BCUT2D eigenvalue weighted by atomic mass is 16.1. The van der Waals surface area contributed by atoms with Crippen LogP contribution in [0.5, 0.6) is 0 Å². The minimum absolute atomic E-state index is 0.0474. The molecule has 1 aliphatic rings. The van der Waals surface area contributed by atoms with Crippen molar-refractivity contribution in [1.82, 2.24) is 10.6 Å². The number of rotatable bonds is 2. The van der Waals surface area contributed by atoms with E-state index in [0.29, 0.717) is 0 Å². The second-order valence-corrected chi connectivity index (χ2v) is 4.48. The zero-order chi connectivity index (χ0) is 11.5. The highest BCUT2D eigenvalue weighted by Crippen LogP contribution is 2.11. The zero-order valence-electron chi connectivity index (χ0n) is 9.84. The molecule has 16 heavy (non-hydrogen) atoms. The van der Waals surface area contributed by atoms with Crippen molar-refractivity contribution >= 4 is 5.91 Å². The summed E-state index contributed by atoms with van der Waals surface area (Å²) in [6.07, 6.45) is 1.02. The van der Waals surface area contributed by atoms with Gasteiger partial charge in [0.05, 0.1) is 0 Å². The standard InChI is InChI=1S/C13H18N2O/c1-9-3-4-12(10(2)7-9)13(16)15-11-5-6-14-8-11/h3-4,7,11,14H,5-6,8H2,1-2H3,(H,15,16)/t11-/m0/s1. The van der Waals surface area contributed by atoms with E-state index in [1.807, 2.05) is 32.0 Å². The topological polar surface area (TPSA) is 41.1 Å². The number of aryl methyl sites for hydroxylation is 2. The molecular weight excluding hydrogens is 200 g/mol. The van der Waals surface area contributed by atoms with E-state index in [0.717, 1.165) is 30.6 Å². The van der Waals surface area contributed by atoms with Crippen LogP contribution >= 0.6 is 0 Å². The fourth-order valence-electron chi connectivity index (χ4n) is 2.11. The Morgan fingerprint density at radius 3 is 2.88 bits per heavy atom. The fraction of sp³-hybridized carbons (Fsp3) is 0.462. The molecule has 0 aliphatic carbocycles. The Labute approximate surface area is 96.2 Å². The van der Waals surface area contributed by atoms with Crippen LogP contribution < -0.4 is 10.6 Å². The average Bonchev–Trinajstić information content (AvgIpc) is 2.70. The monoisotopic (exact) mass is 218 g/mol. The molecule has 0 aromatic heterocycles. The summed E-state index contributed by atoms with van der Waals surface area (Å²) in [7, 11) is 0. The molecule has 2 N–H and O–H groups in total. The van der Waals surface area contributed by atoms with E-state index in [2.05, 4.69) is 10.6 Å². The van der Waals surface area contributed by atoms with Gasteiger partial charge in [-0.3, -0.25) is 4.79 Å². The maximum absolute atomic E-state index is 12.0. The van der Waals surface area contributed by atoms with Crippen molar-refractivity contribution in [1.29, 1.82) is 0 Å². The van der Waals surface area contributed by atoms with Crippen molar-refractivity contribution in [3.63, 3.8) is 0 Å². The first-order chi connectivity index (χ1) is 7.66. The Kier molecular flexibility index (Phi) is 3.25. The van der Waals surface area contributed by atoms with Crippen LogP contribution in [0.3, 0.4) is 0 Å². The average molecular weight is 218 g/mol. The first-order valence-corrected chi connectivity index (χ1v) is 5.75. The number of amides is 1. The van der Waals surface area contributed by atoms with Gasteiger partial charge in [-0.25, -0.2) is 0 Å². The normalized spacial score (nSPS) is 19.8. The van der Waals surface area contributed by atoms with Gasteiger partial charge in [0, 0.05) is 18.2 Å². The maximum Gasteiger partial charge on any atom is 0.251 e. The molecule has 1 amide bonds. The van der Waals surface area contributed by atoms with Gasteiger partial charge in [0.25, 0.3) is 5.91 Å². The Hall–Kier alpha value is -1.35. The molecular formula is C13H18N2O. The number of carbonyl (C=O) groups is 1. The predicted molar refractivity (Wildman–Crippen MR) is 64.7 cm³/mol. The number of benzene rings is 1. The summed E-state index contributed by atoms with van der Waals surface area (Å²) < 4.78 is 0. The Balaban J connectivity index is 2.08. The zero-order valence-corrected chi connectivity index (χ0v) is 9.84. The molecule has 0 unspecified atom stereocenters. The summed E-state index contributed by atoms with van der Waals surface area (Å²) in [5, 5.41) is 6.29. The van der Waals surface area contributed by atoms with Crippen LogP contribution in [-0.2, 0) is 0 Å². The summed E-state index contributed by atoms with van der Waals surface area (Å²) in [5.41, 5.74) is 3.03. The first-order valence-electron chi connectivity index (χ1n) is 5.75. The van der Waals surface area contributed by atoms with Crippen LogP contribution in [0.2, 0.25) is 0 Å². The smallest absolute Gasteiger partial charge is 0.251 e. The Morgan fingerprint density at radius 2 is 2.25 bits per heavy atom. The molecule has 1 atom stereocenters. The second kappa shape index (κ2) is 4.66. The van der Waals surface area contributed by atoms with Crippen LogP contribution in [0.1, 0.15) is 27.9 Å². The summed E-state index contributed by atoms with van der Waals surface area (Å²) in [5.74, 6) is 0.0474. The Morgan fingerprint density at radius 1 is 1.44 bits per heavy atom. The highest BCUT2D eigenvalue weighted by Gasteiger charge is 2.18. The van der Waals surface area contributed by atoms with Gasteiger partial charge in [-0.1, -0.05) is 17.7 Å². The van der Waals surface area contributed by atoms with Crippen LogP contribution in [0.25, 0.3) is 0 Å². The quantitative estimate of drug-likeness (QED) is 0.787. The third-order valence-corrected chi connectivity index (χ3v) is 3.02. The first kappa shape index (κ1) is 11.1. The van der Waals surface area contributed by atoms with Gasteiger partial charge < -0.3 is 10.6 Å². The molecule has 0 spiro atoms. The van der Waals surface area contributed by atoms with E-state index >= 15 is 0 Å². The number of hydrogen-bond acceptors (Lipinski definition) is 2. The highest BCUT2D eigenvalue weighted by molar-refractivity contribution is 5.95. The third-order valence-electron chi connectivity index (χ3n) is 3.02. The van der Waals surface area contributed by atoms with Gasteiger partial charge >= 0.3 is 0 Å². The molecule has 3 heteroatoms. The van der Waals surface area contributed by atoms with E-state index in [1.54, 1.807) is 0 Å². The van der Waals surface area contributed by atoms with Crippen LogP contribution in [-0.4, -0.2) is 25.0 Å². The lowest BCUT2D eigenvalue weighted by atomic mass is 10.0. The number of carbonyl (C=O) groups excluding carboxylic acids is 1. The molecule has 1 aliphatic heterocycles. The predicted octanol–water partition coefficient (Wildman–Crippen LogP) is 1.40. The molecule has 1 aromatic carbocycles. The molecule has 86 valence electrons. The molecule has 0 bridgehead atoms. The van der Waals surface area contributed by atoms with E-state index in [9.17, 15) is 4.79 Å². The summed E-state index contributed by atoms with van der Waals surface area (Å²) >= 11 is 0. The van der Waals surface area contributed by atoms with Crippen molar-refractivity contribution in [2.75, 3.05) is 13.1 Å². The largest absolute Gasteiger partial charge is 0.348 e. The van der Waals surface area contributed by atoms with Gasteiger partial charge in [-0.2, -0.15) is 0 Å². The lowest BCUT2D eigenvalue weighted by Crippen LogP contribution is -2.36. The Bertz CT molecular complexity index is 395. The SMILES string of the molecule is Cc1ccc(C(=O)N[C@H]2CCNC2)c(C)c1. The van der Waals surface area contributed by atoms with Gasteiger partial charge in [-0.05, 0) is 38.4 Å². The van der Waals surface area contributed by atoms with Crippen molar-refractivity contribution in [3.8, 4) is 0 Å². The molecule has 1 saturated heterocycles. The van der Waals surface area contributed by atoms with E-state index < -0.39 is 0 Å². The van der Waals surface area contributed by atoms with E-state index in [1.165, 1.54) is 5.56 Å². The lowest BCUT2D eigenvalue weighted by molar-refractivity contribution is 0.0939. The van der Waals surface area contributed by atoms with Crippen molar-refractivity contribution in [3.05, 3.63) is 34.9 Å². The fourth-order valence-corrected chi connectivity index (χ4v) is 2.11. The summed E-state index contributed by atoms with van der Waals surface area (Å²) in [4.78, 5) is 12.0. The summed E-state index contributed by atoms with van der Waals surface area (Å²) in [6.45, 7) is 5.90. The minimum atomic E-state index is 0.0474. The van der Waals surface area contributed by atoms with Gasteiger partial charge in [0.15, 0.2) is 0 Å². The maximum atomic E-state index is 12.0. The van der Waals surface area contributed by atoms with Crippen LogP contribution in [0, 0.1) is 13.8 Å². The van der Waals surface area contributed by atoms with Crippen molar-refractivity contribution in [2.24, 2.45) is 0 Å². The van der Waals surface area contributed by atoms with Gasteiger partial charge in [0.2, 0.25) is 0 Å².